The summed E-state index contributed by atoms with van der Waals surface area (Å²) in [6.07, 6.45) is 0. The van der Waals surface area contributed by atoms with Crippen LogP contribution in [0, 0.1) is 5.82 Å². The summed E-state index contributed by atoms with van der Waals surface area (Å²) in [5.74, 6) is 0.655. The number of amidine groups is 1. The minimum absolute atomic E-state index is 0.213. The third kappa shape index (κ3) is 1.69. The molecule has 3 heteroatoms. The van der Waals surface area contributed by atoms with Crippen LogP contribution in [0.15, 0.2) is 29.3 Å². The molecule has 0 spiro atoms. The van der Waals surface area contributed by atoms with Crippen molar-refractivity contribution in [2.24, 2.45) is 4.99 Å². The summed E-state index contributed by atoms with van der Waals surface area (Å²) in [5.41, 5.74) is 0.950. The summed E-state index contributed by atoms with van der Waals surface area (Å²) in [7, 11) is 0. The van der Waals surface area contributed by atoms with Crippen LogP contribution in [0.3, 0.4) is 0 Å². The zero-order valence-corrected chi connectivity index (χ0v) is 7.42. The minimum Gasteiger partial charge on any atom is -0.366 e. The van der Waals surface area contributed by atoms with Gasteiger partial charge in [0.2, 0.25) is 0 Å². The van der Waals surface area contributed by atoms with Gasteiger partial charge in [-0.2, -0.15) is 0 Å². The average molecular weight is 178 g/mol. The highest BCUT2D eigenvalue weighted by Gasteiger charge is 2.13. The summed E-state index contributed by atoms with van der Waals surface area (Å²) < 4.78 is 12.6. The average Bonchev–Trinajstić information content (AvgIpc) is 2.53. The smallest absolute Gasteiger partial charge is 0.128 e. The monoisotopic (exact) mass is 178 g/mol. The second-order valence-corrected chi connectivity index (χ2v) is 3.24. The molecule has 1 N–H and O–H groups in total. The Bertz CT molecular complexity index is 329. The fraction of sp³-hybridized carbons (Fsp3) is 0.300. The summed E-state index contributed by atoms with van der Waals surface area (Å²) in [4.78, 5) is 4.30. The van der Waals surface area contributed by atoms with E-state index in [0.29, 0.717) is 6.04 Å². The third-order valence-corrected chi connectivity index (χ3v) is 2.02. The van der Waals surface area contributed by atoms with E-state index in [0.717, 1.165) is 17.9 Å². The normalized spacial score (nSPS) is 21.1. The molecule has 0 saturated carbocycles. The van der Waals surface area contributed by atoms with Gasteiger partial charge >= 0.3 is 0 Å². The van der Waals surface area contributed by atoms with Crippen LogP contribution in [-0.2, 0) is 0 Å². The molecule has 68 valence electrons. The molecule has 1 unspecified atom stereocenters. The first-order valence-electron chi connectivity index (χ1n) is 4.32. The third-order valence-electron chi connectivity index (χ3n) is 2.02. The summed E-state index contributed by atoms with van der Waals surface area (Å²) in [6, 6.07) is 6.75. The van der Waals surface area contributed by atoms with Crippen LogP contribution in [0.2, 0.25) is 0 Å². The van der Waals surface area contributed by atoms with Crippen molar-refractivity contribution in [1.82, 2.24) is 5.32 Å². The van der Waals surface area contributed by atoms with E-state index in [1.54, 1.807) is 12.1 Å². The van der Waals surface area contributed by atoms with Crippen molar-refractivity contribution in [3.8, 4) is 0 Å². The standard InChI is InChI=1S/C10H11FN2/c1-7-6-12-10(13-7)8-2-4-9(11)5-3-8/h2-5,7H,6H2,1H3,(H,12,13). The Morgan fingerprint density at radius 1 is 1.38 bits per heavy atom. The lowest BCUT2D eigenvalue weighted by atomic mass is 10.2. The molecule has 0 radical (unpaired) electrons. The van der Waals surface area contributed by atoms with Gasteiger partial charge in [-0.05, 0) is 31.2 Å². The molecule has 1 aliphatic heterocycles. The highest BCUT2D eigenvalue weighted by Crippen LogP contribution is 2.07. The van der Waals surface area contributed by atoms with Crippen LogP contribution in [0.25, 0.3) is 0 Å². The van der Waals surface area contributed by atoms with Crippen molar-refractivity contribution in [3.63, 3.8) is 0 Å². The van der Waals surface area contributed by atoms with Gasteiger partial charge in [-0.25, -0.2) is 4.39 Å². The zero-order chi connectivity index (χ0) is 9.26. The van der Waals surface area contributed by atoms with Gasteiger partial charge in [0.25, 0.3) is 0 Å². The van der Waals surface area contributed by atoms with E-state index in [1.807, 2.05) is 0 Å². The maximum absolute atomic E-state index is 12.6. The fourth-order valence-corrected chi connectivity index (χ4v) is 1.34. The lowest BCUT2D eigenvalue weighted by Crippen LogP contribution is -2.27. The highest BCUT2D eigenvalue weighted by atomic mass is 19.1. The van der Waals surface area contributed by atoms with E-state index >= 15 is 0 Å². The Hall–Kier alpha value is -1.38. The number of halogens is 1. The van der Waals surface area contributed by atoms with Crippen molar-refractivity contribution >= 4 is 5.84 Å². The van der Waals surface area contributed by atoms with Crippen molar-refractivity contribution in [3.05, 3.63) is 35.6 Å². The van der Waals surface area contributed by atoms with Gasteiger partial charge in [-0.15, -0.1) is 0 Å². The van der Waals surface area contributed by atoms with Crippen LogP contribution < -0.4 is 5.32 Å². The molecule has 2 rings (SSSR count). The molecule has 0 bridgehead atoms. The molecule has 0 aromatic heterocycles. The Labute approximate surface area is 76.5 Å². The largest absolute Gasteiger partial charge is 0.366 e. The van der Waals surface area contributed by atoms with Crippen molar-refractivity contribution < 1.29 is 4.39 Å². The summed E-state index contributed by atoms with van der Waals surface area (Å²) in [6.45, 7) is 2.87. The van der Waals surface area contributed by atoms with Crippen molar-refractivity contribution in [2.75, 3.05) is 6.54 Å². The number of hydrogen-bond donors (Lipinski definition) is 1. The number of hydrogen-bond acceptors (Lipinski definition) is 2. The predicted molar refractivity (Wildman–Crippen MR) is 50.4 cm³/mol. The van der Waals surface area contributed by atoms with Crippen molar-refractivity contribution in [1.29, 1.82) is 0 Å². The van der Waals surface area contributed by atoms with Crippen LogP contribution in [-0.4, -0.2) is 18.4 Å². The van der Waals surface area contributed by atoms with Gasteiger partial charge in [-0.1, -0.05) is 0 Å². The fourth-order valence-electron chi connectivity index (χ4n) is 1.34. The van der Waals surface area contributed by atoms with Gasteiger partial charge in [-0.3, -0.25) is 4.99 Å². The maximum Gasteiger partial charge on any atom is 0.128 e. The number of benzene rings is 1. The van der Waals surface area contributed by atoms with E-state index in [-0.39, 0.29) is 5.82 Å². The molecule has 0 saturated heterocycles. The first kappa shape index (κ1) is 8.23. The minimum atomic E-state index is -0.213. The topological polar surface area (TPSA) is 24.4 Å². The van der Waals surface area contributed by atoms with Gasteiger partial charge in [0.1, 0.15) is 11.7 Å². The number of rotatable bonds is 1. The van der Waals surface area contributed by atoms with E-state index in [2.05, 4.69) is 17.2 Å². The van der Waals surface area contributed by atoms with E-state index < -0.39 is 0 Å². The number of aliphatic imine (C=N–C) groups is 1. The second-order valence-electron chi connectivity index (χ2n) is 3.24. The molecule has 1 aromatic rings. The first-order valence-corrected chi connectivity index (χ1v) is 4.32. The van der Waals surface area contributed by atoms with Crippen LogP contribution in [0.1, 0.15) is 12.5 Å². The van der Waals surface area contributed by atoms with Crippen molar-refractivity contribution in [2.45, 2.75) is 13.0 Å². The quantitative estimate of drug-likeness (QED) is 0.693. The molecule has 2 nitrogen and oxygen atoms in total. The Morgan fingerprint density at radius 3 is 2.62 bits per heavy atom. The second kappa shape index (κ2) is 3.17. The SMILES string of the molecule is CC1CN=C(c2ccc(F)cc2)N1. The summed E-state index contributed by atoms with van der Waals surface area (Å²) >= 11 is 0. The Kier molecular flexibility index (Phi) is 2.00. The number of nitrogens with one attached hydrogen (secondary N) is 1. The molecule has 1 heterocycles. The van der Waals surface area contributed by atoms with Crippen LogP contribution in [0.4, 0.5) is 4.39 Å². The molecule has 0 amide bonds. The molecule has 1 aliphatic rings. The van der Waals surface area contributed by atoms with Gasteiger partial charge in [0.15, 0.2) is 0 Å². The zero-order valence-electron chi connectivity index (χ0n) is 7.42. The predicted octanol–water partition coefficient (Wildman–Crippen LogP) is 1.56. The summed E-state index contributed by atoms with van der Waals surface area (Å²) in [5, 5.41) is 3.22. The maximum atomic E-state index is 12.6. The molecular weight excluding hydrogens is 167 g/mol. The number of nitrogens with zero attached hydrogens (tertiary/aromatic N) is 1. The van der Waals surface area contributed by atoms with E-state index in [1.165, 1.54) is 12.1 Å². The molecule has 0 aliphatic carbocycles. The lowest BCUT2D eigenvalue weighted by Gasteiger charge is -2.05. The highest BCUT2D eigenvalue weighted by molar-refractivity contribution is 5.99. The van der Waals surface area contributed by atoms with Gasteiger partial charge in [0, 0.05) is 11.6 Å². The van der Waals surface area contributed by atoms with E-state index in [4.69, 9.17) is 0 Å². The Morgan fingerprint density at radius 2 is 2.08 bits per heavy atom. The molecular formula is C10H11FN2. The van der Waals surface area contributed by atoms with Gasteiger partial charge < -0.3 is 5.32 Å². The molecule has 0 fully saturated rings. The van der Waals surface area contributed by atoms with Crippen LogP contribution in [0.5, 0.6) is 0 Å². The van der Waals surface area contributed by atoms with Gasteiger partial charge in [0.05, 0.1) is 6.54 Å². The molecule has 1 aromatic carbocycles. The van der Waals surface area contributed by atoms with Crippen LogP contribution >= 0.6 is 0 Å². The van der Waals surface area contributed by atoms with E-state index in [9.17, 15) is 4.39 Å². The molecule has 13 heavy (non-hydrogen) atoms. The lowest BCUT2D eigenvalue weighted by molar-refractivity contribution is 0.627. The molecule has 1 atom stereocenters. The Balaban J connectivity index is 2.22. The first-order chi connectivity index (χ1) is 6.25.